The van der Waals surface area contributed by atoms with Crippen molar-refractivity contribution >= 4 is 11.4 Å². The second-order valence-corrected chi connectivity index (χ2v) is 7.16. The standard InChI is InChI=1S/C20H24O3/c1-22-19-7-6-13(12-20(19)23-18-4-2-3-5-18)14-8-15-10-17(21)11-16(15)9-14/h6-8,12,15-16,18H,2-5,9-11H2,1H3/t15-,16+/m1/s1. The third-order valence-corrected chi connectivity index (χ3v) is 5.59. The van der Waals surface area contributed by atoms with Crippen molar-refractivity contribution in [3.63, 3.8) is 0 Å². The number of hydrogen-bond donors (Lipinski definition) is 0. The van der Waals surface area contributed by atoms with Crippen molar-refractivity contribution in [3.05, 3.63) is 29.8 Å². The predicted molar refractivity (Wildman–Crippen MR) is 89.7 cm³/mol. The molecule has 0 N–H and O–H groups in total. The summed E-state index contributed by atoms with van der Waals surface area (Å²) in [7, 11) is 1.70. The number of methoxy groups -OCH3 is 1. The van der Waals surface area contributed by atoms with Crippen LogP contribution >= 0.6 is 0 Å². The van der Waals surface area contributed by atoms with E-state index in [1.165, 1.54) is 24.0 Å². The molecule has 23 heavy (non-hydrogen) atoms. The van der Waals surface area contributed by atoms with Crippen LogP contribution in [0, 0.1) is 11.8 Å². The number of rotatable bonds is 4. The molecule has 0 radical (unpaired) electrons. The molecular formula is C20H24O3. The van der Waals surface area contributed by atoms with E-state index in [9.17, 15) is 4.79 Å². The molecule has 1 aromatic rings. The molecule has 0 heterocycles. The van der Waals surface area contributed by atoms with Crippen LogP contribution in [0.2, 0.25) is 0 Å². The lowest BCUT2D eigenvalue weighted by Crippen LogP contribution is -2.11. The van der Waals surface area contributed by atoms with E-state index in [0.717, 1.165) is 43.6 Å². The SMILES string of the molecule is COc1ccc(C2=C[C@@H]3CC(=O)C[C@@H]3C2)cc1OC1CCCC1. The van der Waals surface area contributed by atoms with Crippen molar-refractivity contribution in [2.75, 3.05) is 7.11 Å². The maximum Gasteiger partial charge on any atom is 0.162 e. The number of benzene rings is 1. The van der Waals surface area contributed by atoms with E-state index in [1.54, 1.807) is 7.11 Å². The Kier molecular flexibility index (Phi) is 3.88. The molecule has 4 rings (SSSR count). The van der Waals surface area contributed by atoms with Gasteiger partial charge in [0.05, 0.1) is 13.2 Å². The number of ether oxygens (including phenoxy) is 2. The Hall–Kier alpha value is -1.77. The number of allylic oxidation sites excluding steroid dienone is 2. The molecule has 0 aromatic heterocycles. The summed E-state index contributed by atoms with van der Waals surface area (Å²) in [6, 6.07) is 6.26. The third-order valence-electron chi connectivity index (χ3n) is 5.59. The minimum Gasteiger partial charge on any atom is -0.493 e. The molecule has 3 aliphatic rings. The van der Waals surface area contributed by atoms with Crippen molar-refractivity contribution in [1.82, 2.24) is 0 Å². The van der Waals surface area contributed by atoms with Crippen LogP contribution in [0.15, 0.2) is 24.3 Å². The van der Waals surface area contributed by atoms with Gasteiger partial charge in [-0.3, -0.25) is 4.79 Å². The average molecular weight is 312 g/mol. The van der Waals surface area contributed by atoms with Gasteiger partial charge in [-0.15, -0.1) is 0 Å². The van der Waals surface area contributed by atoms with Gasteiger partial charge in [0.25, 0.3) is 0 Å². The summed E-state index contributed by atoms with van der Waals surface area (Å²) < 4.78 is 11.7. The topological polar surface area (TPSA) is 35.5 Å². The van der Waals surface area contributed by atoms with Crippen LogP contribution in [-0.2, 0) is 4.79 Å². The fraction of sp³-hybridized carbons (Fsp3) is 0.550. The van der Waals surface area contributed by atoms with E-state index in [1.807, 2.05) is 6.07 Å². The third kappa shape index (κ3) is 2.89. The summed E-state index contributed by atoms with van der Waals surface area (Å²) in [5.74, 6) is 3.09. The quantitative estimate of drug-likeness (QED) is 0.826. The molecule has 2 saturated carbocycles. The first-order chi connectivity index (χ1) is 11.2. The van der Waals surface area contributed by atoms with Crippen LogP contribution < -0.4 is 9.47 Å². The van der Waals surface area contributed by atoms with Gasteiger partial charge in [-0.1, -0.05) is 12.1 Å². The molecule has 0 aliphatic heterocycles. The first-order valence-electron chi connectivity index (χ1n) is 8.80. The van der Waals surface area contributed by atoms with Gasteiger partial charge < -0.3 is 9.47 Å². The van der Waals surface area contributed by atoms with Crippen LogP contribution in [0.4, 0.5) is 0 Å². The second kappa shape index (κ2) is 6.03. The molecule has 2 fully saturated rings. The summed E-state index contributed by atoms with van der Waals surface area (Å²) in [6.07, 6.45) is 9.95. The zero-order valence-corrected chi connectivity index (χ0v) is 13.7. The summed E-state index contributed by atoms with van der Waals surface area (Å²) in [6.45, 7) is 0. The molecule has 2 atom stereocenters. The maximum absolute atomic E-state index is 11.6. The first-order valence-corrected chi connectivity index (χ1v) is 8.80. The minimum atomic E-state index is 0.328. The maximum atomic E-state index is 11.6. The van der Waals surface area contributed by atoms with E-state index in [2.05, 4.69) is 18.2 Å². The van der Waals surface area contributed by atoms with Gasteiger partial charge in [0.2, 0.25) is 0 Å². The van der Waals surface area contributed by atoms with E-state index in [-0.39, 0.29) is 0 Å². The lowest BCUT2D eigenvalue weighted by molar-refractivity contribution is -0.117. The molecule has 122 valence electrons. The molecule has 0 bridgehead atoms. The molecule has 1 aromatic carbocycles. The van der Waals surface area contributed by atoms with Crippen LogP contribution in [0.5, 0.6) is 11.5 Å². The highest BCUT2D eigenvalue weighted by molar-refractivity contribution is 5.84. The number of carbonyl (C=O) groups is 1. The van der Waals surface area contributed by atoms with Crippen LogP contribution in [0.3, 0.4) is 0 Å². The Morgan fingerprint density at radius 1 is 1.04 bits per heavy atom. The number of carbonyl (C=O) groups excluding carboxylic acids is 1. The molecule has 0 saturated heterocycles. The molecule has 3 heteroatoms. The number of hydrogen-bond acceptors (Lipinski definition) is 3. The highest BCUT2D eigenvalue weighted by atomic mass is 16.5. The van der Waals surface area contributed by atoms with Gasteiger partial charge in [-0.25, -0.2) is 0 Å². The Morgan fingerprint density at radius 2 is 1.87 bits per heavy atom. The zero-order chi connectivity index (χ0) is 15.8. The normalized spacial score (nSPS) is 27.2. The minimum absolute atomic E-state index is 0.328. The average Bonchev–Trinajstić information content (AvgIpc) is 3.23. The summed E-state index contributed by atoms with van der Waals surface area (Å²) in [5.41, 5.74) is 2.59. The van der Waals surface area contributed by atoms with Crippen molar-refractivity contribution in [2.45, 2.75) is 51.0 Å². The second-order valence-electron chi connectivity index (χ2n) is 7.16. The molecule has 3 nitrogen and oxygen atoms in total. The van der Waals surface area contributed by atoms with Crippen molar-refractivity contribution in [2.24, 2.45) is 11.8 Å². The summed E-state index contributed by atoms with van der Waals surface area (Å²) >= 11 is 0. The lowest BCUT2D eigenvalue weighted by Gasteiger charge is -2.17. The van der Waals surface area contributed by atoms with Gasteiger partial charge in [0.1, 0.15) is 5.78 Å². The van der Waals surface area contributed by atoms with Gasteiger partial charge in [0.15, 0.2) is 11.5 Å². The number of Topliss-reactive ketones (excluding diaryl/α,β-unsaturated/α-hetero) is 1. The molecule has 0 amide bonds. The van der Waals surface area contributed by atoms with Crippen molar-refractivity contribution < 1.29 is 14.3 Å². The molecule has 3 aliphatic carbocycles. The van der Waals surface area contributed by atoms with Crippen LogP contribution in [-0.4, -0.2) is 19.0 Å². The van der Waals surface area contributed by atoms with E-state index < -0.39 is 0 Å². The molecule has 0 spiro atoms. The van der Waals surface area contributed by atoms with Crippen molar-refractivity contribution in [3.8, 4) is 11.5 Å². The predicted octanol–water partition coefficient (Wildman–Crippen LogP) is 4.40. The van der Waals surface area contributed by atoms with Gasteiger partial charge in [-0.05, 0) is 67.2 Å². The fourth-order valence-corrected chi connectivity index (χ4v) is 4.35. The monoisotopic (exact) mass is 312 g/mol. The van der Waals surface area contributed by atoms with E-state index in [0.29, 0.717) is 23.7 Å². The Balaban J connectivity index is 1.57. The number of ketones is 1. The Labute approximate surface area is 137 Å². The fourth-order valence-electron chi connectivity index (χ4n) is 4.35. The van der Waals surface area contributed by atoms with E-state index in [4.69, 9.17) is 9.47 Å². The Bertz CT molecular complexity index is 640. The highest BCUT2D eigenvalue weighted by Crippen LogP contribution is 2.45. The van der Waals surface area contributed by atoms with Crippen LogP contribution in [0.1, 0.15) is 50.5 Å². The Morgan fingerprint density at radius 3 is 2.61 bits per heavy atom. The van der Waals surface area contributed by atoms with Crippen LogP contribution in [0.25, 0.3) is 5.57 Å². The van der Waals surface area contributed by atoms with E-state index >= 15 is 0 Å². The van der Waals surface area contributed by atoms with Crippen molar-refractivity contribution in [1.29, 1.82) is 0 Å². The molecule has 0 unspecified atom stereocenters. The number of fused-ring (bicyclic) bond motifs is 1. The smallest absolute Gasteiger partial charge is 0.162 e. The van der Waals surface area contributed by atoms with Gasteiger partial charge >= 0.3 is 0 Å². The van der Waals surface area contributed by atoms with Gasteiger partial charge in [-0.2, -0.15) is 0 Å². The largest absolute Gasteiger partial charge is 0.493 e. The lowest BCUT2D eigenvalue weighted by atomic mass is 9.98. The van der Waals surface area contributed by atoms with Gasteiger partial charge in [0, 0.05) is 12.8 Å². The highest BCUT2D eigenvalue weighted by Gasteiger charge is 2.36. The first kappa shape index (κ1) is 14.8. The zero-order valence-electron chi connectivity index (χ0n) is 13.7. The summed E-state index contributed by atoms with van der Waals surface area (Å²) in [5, 5.41) is 0. The summed E-state index contributed by atoms with van der Waals surface area (Å²) in [4.78, 5) is 11.6. The molecular weight excluding hydrogens is 288 g/mol.